The molecule has 0 radical (unpaired) electrons. The molecule has 0 aliphatic rings. The predicted molar refractivity (Wildman–Crippen MR) is 119 cm³/mol. The number of sulfonamides is 1. The third kappa shape index (κ3) is 6.40. The minimum atomic E-state index is -3.70. The van der Waals surface area contributed by atoms with Gasteiger partial charge in [-0.15, -0.1) is 11.8 Å². The number of hydrogen-bond donors (Lipinski definition) is 1. The topological polar surface area (TPSA) is 75.7 Å². The molecule has 2 aromatic carbocycles. The maximum Gasteiger partial charge on any atom is 0.243 e. The number of methoxy groups -OCH3 is 1. The summed E-state index contributed by atoms with van der Waals surface area (Å²) in [5.74, 6) is 0.729. The minimum absolute atomic E-state index is 0.353. The van der Waals surface area contributed by atoms with Crippen LogP contribution in [0.5, 0.6) is 5.75 Å². The summed E-state index contributed by atoms with van der Waals surface area (Å²) in [6, 6.07) is 12.5. The van der Waals surface area contributed by atoms with E-state index in [0.717, 1.165) is 21.0 Å². The number of carbonyl (C=O) groups is 1. The molecule has 0 saturated carbocycles. The monoisotopic (exact) mass is 436 g/mol. The van der Waals surface area contributed by atoms with E-state index in [-0.39, 0.29) is 5.91 Å². The average Bonchev–Trinajstić information content (AvgIpc) is 2.65. The van der Waals surface area contributed by atoms with E-state index < -0.39 is 16.1 Å². The molecule has 0 heterocycles. The minimum Gasteiger partial charge on any atom is -0.495 e. The van der Waals surface area contributed by atoms with Crippen molar-refractivity contribution in [2.24, 2.45) is 0 Å². The van der Waals surface area contributed by atoms with E-state index in [1.54, 1.807) is 30.8 Å². The van der Waals surface area contributed by atoms with E-state index >= 15 is 0 Å². The first-order chi connectivity index (χ1) is 13.6. The van der Waals surface area contributed by atoms with Gasteiger partial charge in [0.25, 0.3) is 0 Å². The van der Waals surface area contributed by atoms with Gasteiger partial charge in [0.1, 0.15) is 11.8 Å². The summed E-state index contributed by atoms with van der Waals surface area (Å²) in [4.78, 5) is 13.8. The number of anilines is 1. The zero-order chi connectivity index (χ0) is 21.6. The first kappa shape index (κ1) is 23.1. The lowest BCUT2D eigenvalue weighted by Crippen LogP contribution is -2.48. The summed E-state index contributed by atoms with van der Waals surface area (Å²) in [6.07, 6.45) is 1.09. The van der Waals surface area contributed by atoms with Gasteiger partial charge in [-0.2, -0.15) is 0 Å². The highest BCUT2D eigenvalue weighted by Gasteiger charge is 2.31. The molecule has 1 atom stereocenters. The molecule has 1 N–H and O–H groups in total. The molecule has 0 aliphatic heterocycles. The summed E-state index contributed by atoms with van der Waals surface area (Å²) in [6.45, 7) is 5.90. The van der Waals surface area contributed by atoms with E-state index in [9.17, 15) is 13.2 Å². The van der Waals surface area contributed by atoms with Crippen molar-refractivity contribution in [1.82, 2.24) is 5.32 Å². The lowest BCUT2D eigenvalue weighted by Gasteiger charge is -2.29. The fourth-order valence-electron chi connectivity index (χ4n) is 2.88. The van der Waals surface area contributed by atoms with Gasteiger partial charge < -0.3 is 10.1 Å². The largest absolute Gasteiger partial charge is 0.495 e. The Balaban J connectivity index is 2.07. The number of ether oxygens (including phenoxy) is 1. The third-order valence-electron chi connectivity index (χ3n) is 4.35. The molecule has 6 nitrogen and oxygen atoms in total. The first-order valence-corrected chi connectivity index (χ1v) is 12.1. The van der Waals surface area contributed by atoms with Crippen molar-refractivity contribution in [2.75, 3.05) is 30.0 Å². The molecule has 29 heavy (non-hydrogen) atoms. The van der Waals surface area contributed by atoms with Crippen LogP contribution in [0.25, 0.3) is 0 Å². The number of aryl methyl sites for hydroxylation is 2. The van der Waals surface area contributed by atoms with Gasteiger partial charge in [0.2, 0.25) is 15.9 Å². The van der Waals surface area contributed by atoms with Crippen LogP contribution in [0.4, 0.5) is 5.69 Å². The van der Waals surface area contributed by atoms with Crippen LogP contribution in [0.3, 0.4) is 0 Å². The van der Waals surface area contributed by atoms with Crippen LogP contribution < -0.4 is 14.4 Å². The van der Waals surface area contributed by atoms with Crippen molar-refractivity contribution < 1.29 is 17.9 Å². The fraction of sp³-hybridized carbons (Fsp3) is 0.381. The second-order valence-corrected chi connectivity index (χ2v) is 9.89. The Kier molecular flexibility index (Phi) is 7.98. The Morgan fingerprint density at radius 3 is 2.34 bits per heavy atom. The SMILES string of the molecule is COc1ccc(C)cc1N(C(C)C(=O)NCCSc1ccc(C)cc1)S(C)(=O)=O. The van der Waals surface area contributed by atoms with E-state index in [0.29, 0.717) is 23.7 Å². The van der Waals surface area contributed by atoms with Gasteiger partial charge in [0, 0.05) is 17.2 Å². The van der Waals surface area contributed by atoms with Gasteiger partial charge in [-0.25, -0.2) is 8.42 Å². The lowest BCUT2D eigenvalue weighted by molar-refractivity contribution is -0.121. The second kappa shape index (κ2) is 10.0. The number of carbonyl (C=O) groups excluding carboxylic acids is 1. The van der Waals surface area contributed by atoms with Gasteiger partial charge in [0.05, 0.1) is 19.1 Å². The number of hydrogen-bond acceptors (Lipinski definition) is 5. The highest BCUT2D eigenvalue weighted by Crippen LogP contribution is 2.32. The number of nitrogens with zero attached hydrogens (tertiary/aromatic N) is 1. The van der Waals surface area contributed by atoms with E-state index in [4.69, 9.17) is 4.74 Å². The molecule has 0 saturated heterocycles. The predicted octanol–water partition coefficient (Wildman–Crippen LogP) is 3.38. The van der Waals surface area contributed by atoms with Gasteiger partial charge in [0.15, 0.2) is 0 Å². The number of rotatable bonds is 9. The summed E-state index contributed by atoms with van der Waals surface area (Å²) < 4.78 is 31.4. The molecule has 0 fully saturated rings. The second-order valence-electron chi connectivity index (χ2n) is 6.86. The molecule has 8 heteroatoms. The van der Waals surface area contributed by atoms with Crippen LogP contribution >= 0.6 is 11.8 Å². The highest BCUT2D eigenvalue weighted by molar-refractivity contribution is 7.99. The van der Waals surface area contributed by atoms with Crippen LogP contribution in [-0.4, -0.2) is 46.0 Å². The Morgan fingerprint density at radius 1 is 1.14 bits per heavy atom. The van der Waals surface area contributed by atoms with Crippen LogP contribution in [0, 0.1) is 13.8 Å². The summed E-state index contributed by atoms with van der Waals surface area (Å²) >= 11 is 1.63. The standard InChI is InChI=1S/C21H28N2O4S2/c1-15-6-9-18(10-7-15)28-13-12-22-21(24)17(3)23(29(5,25)26)19-14-16(2)8-11-20(19)27-4/h6-11,14,17H,12-13H2,1-5H3,(H,22,24). The maximum absolute atomic E-state index is 12.7. The Bertz CT molecular complexity index is 944. The number of amides is 1. The zero-order valence-electron chi connectivity index (χ0n) is 17.4. The van der Waals surface area contributed by atoms with Crippen molar-refractivity contribution in [3.8, 4) is 5.75 Å². The van der Waals surface area contributed by atoms with Crippen LogP contribution in [0.1, 0.15) is 18.1 Å². The van der Waals surface area contributed by atoms with Crippen molar-refractivity contribution in [1.29, 1.82) is 0 Å². The normalized spacial score (nSPS) is 12.3. The summed E-state index contributed by atoms with van der Waals surface area (Å²) in [5, 5.41) is 2.83. The number of thioether (sulfide) groups is 1. The average molecular weight is 437 g/mol. The molecule has 0 aromatic heterocycles. The smallest absolute Gasteiger partial charge is 0.243 e. The maximum atomic E-state index is 12.7. The number of benzene rings is 2. The highest BCUT2D eigenvalue weighted by atomic mass is 32.2. The first-order valence-electron chi connectivity index (χ1n) is 9.24. The molecule has 0 spiro atoms. The molecular formula is C21H28N2O4S2. The lowest BCUT2D eigenvalue weighted by atomic mass is 10.2. The van der Waals surface area contributed by atoms with Crippen molar-refractivity contribution in [3.05, 3.63) is 53.6 Å². The molecule has 1 unspecified atom stereocenters. The summed E-state index contributed by atoms with van der Waals surface area (Å²) in [7, 11) is -2.23. The molecule has 1 amide bonds. The van der Waals surface area contributed by atoms with Crippen LogP contribution in [0.2, 0.25) is 0 Å². The van der Waals surface area contributed by atoms with Gasteiger partial charge in [-0.05, 0) is 50.6 Å². The molecule has 0 bridgehead atoms. The van der Waals surface area contributed by atoms with Crippen LogP contribution in [0.15, 0.2) is 47.4 Å². The van der Waals surface area contributed by atoms with Gasteiger partial charge >= 0.3 is 0 Å². The van der Waals surface area contributed by atoms with Gasteiger partial charge in [-0.3, -0.25) is 9.10 Å². The zero-order valence-corrected chi connectivity index (χ0v) is 19.1. The fourth-order valence-corrected chi connectivity index (χ4v) is 4.82. The molecule has 2 aromatic rings. The van der Waals surface area contributed by atoms with Crippen molar-refractivity contribution in [2.45, 2.75) is 31.7 Å². The van der Waals surface area contributed by atoms with E-state index in [2.05, 4.69) is 5.32 Å². The number of nitrogens with one attached hydrogen (secondary N) is 1. The quantitative estimate of drug-likeness (QED) is 0.482. The molecule has 158 valence electrons. The van der Waals surface area contributed by atoms with Crippen LogP contribution in [-0.2, 0) is 14.8 Å². The van der Waals surface area contributed by atoms with Crippen molar-refractivity contribution in [3.63, 3.8) is 0 Å². The van der Waals surface area contributed by atoms with Crippen molar-refractivity contribution >= 4 is 33.4 Å². The Morgan fingerprint density at radius 2 is 1.76 bits per heavy atom. The summed E-state index contributed by atoms with van der Waals surface area (Å²) in [5.41, 5.74) is 2.42. The van der Waals surface area contributed by atoms with E-state index in [1.807, 2.05) is 44.2 Å². The third-order valence-corrected chi connectivity index (χ3v) is 6.59. The van der Waals surface area contributed by atoms with E-state index in [1.165, 1.54) is 12.7 Å². The molecule has 2 rings (SSSR count). The molecular weight excluding hydrogens is 408 g/mol. The Labute approximate surface area is 177 Å². The van der Waals surface area contributed by atoms with Gasteiger partial charge in [-0.1, -0.05) is 23.8 Å². The molecule has 0 aliphatic carbocycles. The Hall–Kier alpha value is -2.19.